The highest BCUT2D eigenvalue weighted by molar-refractivity contribution is 7.92. The fraction of sp³-hybridized carbons (Fsp3) is 0.217. The highest BCUT2D eigenvalue weighted by Gasteiger charge is 2.18. The molecular weight excluding hydrogens is 398 g/mol. The number of anilines is 1. The lowest BCUT2D eigenvalue weighted by atomic mass is 10.1. The van der Waals surface area contributed by atoms with Crippen LogP contribution in [0.3, 0.4) is 0 Å². The number of amides is 1. The molecule has 0 aliphatic rings. The molecule has 0 atom stereocenters. The number of nitrogens with one attached hydrogen (secondary N) is 1. The van der Waals surface area contributed by atoms with Crippen LogP contribution in [0.15, 0.2) is 66.9 Å². The zero-order valence-corrected chi connectivity index (χ0v) is 18.1. The number of nitrogens with zero attached hydrogens (tertiary/aromatic N) is 2. The molecule has 3 rings (SSSR count). The molecule has 156 valence electrons. The second-order valence-corrected chi connectivity index (χ2v) is 9.15. The number of rotatable bonds is 7. The molecule has 0 radical (unpaired) electrons. The van der Waals surface area contributed by atoms with Gasteiger partial charge in [-0.15, -0.1) is 0 Å². The van der Waals surface area contributed by atoms with E-state index in [1.54, 1.807) is 30.5 Å². The standard InChI is InChI=1S/C23H25N3O3S/c1-17-7-12-22(14-18(17)2)26(30(3,28)29)16-19-8-10-20(11-9-19)23(27)25-15-21-6-4-5-13-24-21/h4-14H,15-16H2,1-3H3,(H,25,27). The summed E-state index contributed by atoms with van der Waals surface area (Å²) in [5.74, 6) is -0.207. The van der Waals surface area contributed by atoms with Gasteiger partial charge in [-0.1, -0.05) is 24.3 Å². The van der Waals surface area contributed by atoms with Gasteiger partial charge < -0.3 is 5.32 Å². The molecule has 0 aliphatic heterocycles. The van der Waals surface area contributed by atoms with Crippen LogP contribution in [-0.4, -0.2) is 25.6 Å². The summed E-state index contributed by atoms with van der Waals surface area (Å²) in [6.45, 7) is 4.48. The molecule has 2 aromatic carbocycles. The van der Waals surface area contributed by atoms with Crippen molar-refractivity contribution in [2.75, 3.05) is 10.6 Å². The maximum Gasteiger partial charge on any atom is 0.251 e. The molecule has 7 heteroatoms. The van der Waals surface area contributed by atoms with Crippen molar-refractivity contribution in [1.82, 2.24) is 10.3 Å². The van der Waals surface area contributed by atoms with Crippen molar-refractivity contribution in [3.8, 4) is 0 Å². The second kappa shape index (κ2) is 9.09. The highest BCUT2D eigenvalue weighted by Crippen LogP contribution is 2.23. The smallest absolute Gasteiger partial charge is 0.251 e. The number of hydrogen-bond acceptors (Lipinski definition) is 4. The van der Waals surface area contributed by atoms with Gasteiger partial charge in [-0.3, -0.25) is 14.1 Å². The van der Waals surface area contributed by atoms with Gasteiger partial charge in [0.2, 0.25) is 10.0 Å². The average Bonchev–Trinajstić information content (AvgIpc) is 2.73. The van der Waals surface area contributed by atoms with E-state index in [4.69, 9.17) is 0 Å². The van der Waals surface area contributed by atoms with Crippen LogP contribution in [0.2, 0.25) is 0 Å². The molecule has 0 aliphatic carbocycles. The van der Waals surface area contributed by atoms with Crippen LogP contribution >= 0.6 is 0 Å². The van der Waals surface area contributed by atoms with E-state index in [9.17, 15) is 13.2 Å². The quantitative estimate of drug-likeness (QED) is 0.630. The maximum absolute atomic E-state index is 12.4. The zero-order chi connectivity index (χ0) is 21.7. The van der Waals surface area contributed by atoms with Crippen LogP contribution in [0.5, 0.6) is 0 Å². The van der Waals surface area contributed by atoms with E-state index < -0.39 is 10.0 Å². The van der Waals surface area contributed by atoms with Crippen molar-refractivity contribution >= 4 is 21.6 Å². The summed E-state index contributed by atoms with van der Waals surface area (Å²) in [5.41, 5.74) is 4.83. The summed E-state index contributed by atoms with van der Waals surface area (Å²) in [6.07, 6.45) is 2.88. The molecule has 0 spiro atoms. The number of hydrogen-bond donors (Lipinski definition) is 1. The number of benzene rings is 2. The molecule has 0 fully saturated rings. The Kier molecular flexibility index (Phi) is 6.52. The summed E-state index contributed by atoms with van der Waals surface area (Å²) in [6, 6.07) is 18.1. The van der Waals surface area contributed by atoms with Gasteiger partial charge in [0.1, 0.15) is 0 Å². The molecule has 6 nitrogen and oxygen atoms in total. The molecule has 1 heterocycles. The topological polar surface area (TPSA) is 79.4 Å². The Balaban J connectivity index is 1.72. The molecule has 0 unspecified atom stereocenters. The van der Waals surface area contributed by atoms with Gasteiger partial charge in [0, 0.05) is 11.8 Å². The number of pyridine rings is 1. The Hall–Kier alpha value is -3.19. The summed E-state index contributed by atoms with van der Waals surface area (Å²) in [7, 11) is -3.46. The zero-order valence-electron chi connectivity index (χ0n) is 17.3. The SMILES string of the molecule is Cc1ccc(N(Cc2ccc(C(=O)NCc3ccccn3)cc2)S(C)(=O)=O)cc1C. The normalized spacial score (nSPS) is 11.2. The van der Waals surface area contributed by atoms with Crippen LogP contribution in [0.4, 0.5) is 5.69 Å². The Labute approximate surface area is 177 Å². The van der Waals surface area contributed by atoms with Crippen molar-refractivity contribution in [3.63, 3.8) is 0 Å². The first-order valence-corrected chi connectivity index (χ1v) is 11.4. The number of carbonyl (C=O) groups is 1. The van der Waals surface area contributed by atoms with E-state index in [1.165, 1.54) is 10.6 Å². The number of sulfonamides is 1. The van der Waals surface area contributed by atoms with Gasteiger partial charge in [-0.25, -0.2) is 8.42 Å². The van der Waals surface area contributed by atoms with Gasteiger partial charge in [-0.2, -0.15) is 0 Å². The molecule has 1 N–H and O–H groups in total. The van der Waals surface area contributed by atoms with Gasteiger partial charge in [0.25, 0.3) is 5.91 Å². The highest BCUT2D eigenvalue weighted by atomic mass is 32.2. The third-order valence-electron chi connectivity index (χ3n) is 4.88. The lowest BCUT2D eigenvalue weighted by molar-refractivity contribution is 0.0950. The van der Waals surface area contributed by atoms with Gasteiger partial charge in [0.05, 0.1) is 30.7 Å². The van der Waals surface area contributed by atoms with E-state index in [0.717, 1.165) is 22.4 Å². The average molecular weight is 424 g/mol. The predicted octanol–water partition coefficient (Wildman–Crippen LogP) is 3.59. The Morgan fingerprint density at radius 1 is 1.00 bits per heavy atom. The van der Waals surface area contributed by atoms with E-state index in [-0.39, 0.29) is 12.5 Å². The number of carbonyl (C=O) groups excluding carboxylic acids is 1. The van der Waals surface area contributed by atoms with Crippen LogP contribution in [0.1, 0.15) is 32.7 Å². The molecule has 0 saturated carbocycles. The summed E-state index contributed by atoms with van der Waals surface area (Å²) < 4.78 is 26.1. The first-order chi connectivity index (χ1) is 14.2. The molecule has 3 aromatic rings. The van der Waals surface area contributed by atoms with Gasteiger partial charge >= 0.3 is 0 Å². The van der Waals surface area contributed by atoms with Gasteiger partial charge in [-0.05, 0) is 66.9 Å². The molecule has 0 bridgehead atoms. The first-order valence-electron chi connectivity index (χ1n) is 9.56. The number of aromatic nitrogens is 1. The third-order valence-corrected chi connectivity index (χ3v) is 6.02. The Morgan fingerprint density at radius 3 is 2.33 bits per heavy atom. The lowest BCUT2D eigenvalue weighted by Crippen LogP contribution is -2.29. The predicted molar refractivity (Wildman–Crippen MR) is 119 cm³/mol. The van der Waals surface area contributed by atoms with E-state index in [2.05, 4.69) is 10.3 Å². The maximum atomic E-state index is 12.4. The van der Waals surface area contributed by atoms with Crippen LogP contribution in [0.25, 0.3) is 0 Å². The summed E-state index contributed by atoms with van der Waals surface area (Å²) in [4.78, 5) is 16.5. The Morgan fingerprint density at radius 2 is 1.73 bits per heavy atom. The van der Waals surface area contributed by atoms with Crippen LogP contribution < -0.4 is 9.62 Å². The summed E-state index contributed by atoms with van der Waals surface area (Å²) >= 11 is 0. The molecule has 0 saturated heterocycles. The minimum Gasteiger partial charge on any atom is -0.346 e. The van der Waals surface area contributed by atoms with Crippen LogP contribution in [-0.2, 0) is 23.1 Å². The molecular formula is C23H25N3O3S. The third kappa shape index (κ3) is 5.45. The van der Waals surface area contributed by atoms with Crippen molar-refractivity contribution in [3.05, 3.63) is 94.8 Å². The summed E-state index contributed by atoms with van der Waals surface area (Å²) in [5, 5.41) is 2.83. The minimum atomic E-state index is -3.46. The van der Waals surface area contributed by atoms with Crippen molar-refractivity contribution in [2.24, 2.45) is 0 Å². The monoisotopic (exact) mass is 423 g/mol. The first kappa shape index (κ1) is 21.5. The van der Waals surface area contributed by atoms with Crippen molar-refractivity contribution in [1.29, 1.82) is 0 Å². The van der Waals surface area contributed by atoms with Gasteiger partial charge in [0.15, 0.2) is 0 Å². The molecule has 1 amide bonds. The van der Waals surface area contributed by atoms with E-state index >= 15 is 0 Å². The minimum absolute atomic E-state index is 0.192. The Bertz CT molecular complexity index is 1130. The van der Waals surface area contributed by atoms with Crippen molar-refractivity contribution in [2.45, 2.75) is 26.9 Å². The fourth-order valence-electron chi connectivity index (χ4n) is 2.98. The fourth-order valence-corrected chi connectivity index (χ4v) is 3.86. The lowest BCUT2D eigenvalue weighted by Gasteiger charge is -2.23. The van der Waals surface area contributed by atoms with Crippen LogP contribution in [0, 0.1) is 13.8 Å². The molecule has 30 heavy (non-hydrogen) atoms. The second-order valence-electron chi connectivity index (χ2n) is 7.24. The number of aryl methyl sites for hydroxylation is 2. The molecule has 1 aromatic heterocycles. The van der Waals surface area contributed by atoms with E-state index in [1.807, 2.05) is 50.2 Å². The largest absolute Gasteiger partial charge is 0.346 e. The van der Waals surface area contributed by atoms with Crippen molar-refractivity contribution < 1.29 is 13.2 Å². The van der Waals surface area contributed by atoms with E-state index in [0.29, 0.717) is 17.8 Å².